The molecule has 1 fully saturated rings. The third kappa shape index (κ3) is 4.68. The summed E-state index contributed by atoms with van der Waals surface area (Å²) in [7, 11) is 0. The second-order valence-corrected chi connectivity index (χ2v) is 8.69. The van der Waals surface area contributed by atoms with E-state index >= 15 is 0 Å². The summed E-state index contributed by atoms with van der Waals surface area (Å²) >= 11 is 0. The van der Waals surface area contributed by atoms with Gasteiger partial charge in [-0.2, -0.15) is 0 Å². The van der Waals surface area contributed by atoms with Crippen molar-refractivity contribution in [1.82, 2.24) is 19.7 Å². The third-order valence-electron chi connectivity index (χ3n) is 6.43. The first kappa shape index (κ1) is 21.4. The fraction of sp³-hybridized carbons (Fsp3) is 0.346. The minimum Gasteiger partial charge on any atom is -0.491 e. The molecule has 0 spiro atoms. The number of benzene rings is 2. The van der Waals surface area contributed by atoms with Crippen molar-refractivity contribution in [3.05, 3.63) is 71.4 Å². The predicted molar refractivity (Wildman–Crippen MR) is 126 cm³/mol. The van der Waals surface area contributed by atoms with E-state index in [1.165, 1.54) is 5.56 Å². The largest absolute Gasteiger partial charge is 0.491 e. The van der Waals surface area contributed by atoms with E-state index in [1.54, 1.807) is 13.0 Å². The highest BCUT2D eigenvalue weighted by atomic mass is 16.5. The van der Waals surface area contributed by atoms with Crippen LogP contribution in [0.5, 0.6) is 5.75 Å². The van der Waals surface area contributed by atoms with Gasteiger partial charge in [0, 0.05) is 57.1 Å². The number of pyridine rings is 1. The Bertz CT molecular complexity index is 1190. The molecular formula is C26H28N4O3. The van der Waals surface area contributed by atoms with Crippen molar-refractivity contribution >= 4 is 22.7 Å². The normalized spacial score (nSPS) is 16.8. The Morgan fingerprint density at radius 1 is 0.939 bits per heavy atom. The van der Waals surface area contributed by atoms with Gasteiger partial charge in [0.25, 0.3) is 5.91 Å². The fourth-order valence-corrected chi connectivity index (χ4v) is 4.55. The maximum Gasteiger partial charge on any atom is 0.272 e. The van der Waals surface area contributed by atoms with Gasteiger partial charge in [0.15, 0.2) is 0 Å². The second-order valence-electron chi connectivity index (χ2n) is 8.69. The van der Waals surface area contributed by atoms with E-state index in [0.717, 1.165) is 54.9 Å². The van der Waals surface area contributed by atoms with Crippen molar-refractivity contribution in [2.24, 2.45) is 0 Å². The average molecular weight is 445 g/mol. The lowest BCUT2D eigenvalue weighted by atomic mass is 10.1. The predicted octanol–water partition coefficient (Wildman–Crippen LogP) is 2.93. The minimum atomic E-state index is -0.0806. The SMILES string of the molecule is CC(=O)N1CCN(Cc2ccc3c(c2)CN(C(=O)c2ccc4ccccc4n2)CCO3)CC1. The van der Waals surface area contributed by atoms with Gasteiger partial charge in [-0.3, -0.25) is 14.5 Å². The molecule has 3 heterocycles. The highest BCUT2D eigenvalue weighted by Gasteiger charge is 2.23. The molecular weight excluding hydrogens is 416 g/mol. The number of para-hydroxylation sites is 1. The summed E-state index contributed by atoms with van der Waals surface area (Å²) in [4.78, 5) is 35.5. The van der Waals surface area contributed by atoms with Crippen molar-refractivity contribution in [3.8, 4) is 5.75 Å². The third-order valence-corrected chi connectivity index (χ3v) is 6.43. The number of amides is 2. The van der Waals surface area contributed by atoms with E-state index in [-0.39, 0.29) is 11.8 Å². The second kappa shape index (κ2) is 9.19. The number of aromatic nitrogens is 1. The first-order valence-electron chi connectivity index (χ1n) is 11.4. The van der Waals surface area contributed by atoms with Gasteiger partial charge in [0.2, 0.25) is 5.91 Å². The molecule has 0 aliphatic carbocycles. The molecule has 0 N–H and O–H groups in total. The highest BCUT2D eigenvalue weighted by molar-refractivity contribution is 5.95. The topological polar surface area (TPSA) is 66.0 Å². The fourth-order valence-electron chi connectivity index (χ4n) is 4.55. The van der Waals surface area contributed by atoms with E-state index in [2.05, 4.69) is 22.0 Å². The Hall–Kier alpha value is -3.45. The van der Waals surface area contributed by atoms with Crippen LogP contribution in [0.3, 0.4) is 0 Å². The Labute approximate surface area is 193 Å². The number of nitrogens with zero attached hydrogens (tertiary/aromatic N) is 4. The first-order valence-corrected chi connectivity index (χ1v) is 11.4. The molecule has 1 aromatic heterocycles. The summed E-state index contributed by atoms with van der Waals surface area (Å²) in [6.45, 7) is 7.19. The molecule has 0 unspecified atom stereocenters. The molecule has 0 atom stereocenters. The molecule has 0 radical (unpaired) electrons. The number of piperazine rings is 1. The van der Waals surface area contributed by atoms with Crippen LogP contribution in [0.1, 0.15) is 28.5 Å². The summed E-state index contributed by atoms with van der Waals surface area (Å²) in [6, 6.07) is 17.8. The number of carbonyl (C=O) groups excluding carboxylic acids is 2. The Balaban J connectivity index is 1.30. The monoisotopic (exact) mass is 444 g/mol. The quantitative estimate of drug-likeness (QED) is 0.622. The molecule has 2 aromatic carbocycles. The Morgan fingerprint density at radius 3 is 2.58 bits per heavy atom. The smallest absolute Gasteiger partial charge is 0.272 e. The van der Waals surface area contributed by atoms with Gasteiger partial charge < -0.3 is 14.5 Å². The summed E-state index contributed by atoms with van der Waals surface area (Å²) in [5.41, 5.74) is 3.48. The lowest BCUT2D eigenvalue weighted by molar-refractivity contribution is -0.130. The molecule has 1 saturated heterocycles. The molecule has 3 aromatic rings. The van der Waals surface area contributed by atoms with Crippen molar-refractivity contribution in [2.45, 2.75) is 20.0 Å². The van der Waals surface area contributed by atoms with Gasteiger partial charge in [0.05, 0.1) is 12.1 Å². The van der Waals surface area contributed by atoms with Crippen LogP contribution >= 0.6 is 0 Å². The Morgan fingerprint density at radius 2 is 1.76 bits per heavy atom. The minimum absolute atomic E-state index is 0.0806. The number of carbonyl (C=O) groups is 2. The standard InChI is InChI=1S/C26H28N4O3/c1-19(31)29-12-10-28(11-13-29)17-20-6-9-25-22(16-20)18-30(14-15-33-25)26(32)24-8-7-21-4-2-3-5-23(21)27-24/h2-9,16H,10-15,17-18H2,1H3. The molecule has 2 aliphatic heterocycles. The lowest BCUT2D eigenvalue weighted by Crippen LogP contribution is -2.47. The van der Waals surface area contributed by atoms with E-state index in [1.807, 2.05) is 46.2 Å². The molecule has 33 heavy (non-hydrogen) atoms. The molecule has 0 bridgehead atoms. The van der Waals surface area contributed by atoms with E-state index in [4.69, 9.17) is 4.74 Å². The summed E-state index contributed by atoms with van der Waals surface area (Å²) in [5, 5.41) is 1.02. The van der Waals surface area contributed by atoms with Gasteiger partial charge >= 0.3 is 0 Å². The van der Waals surface area contributed by atoms with Crippen LogP contribution in [0, 0.1) is 0 Å². The molecule has 7 heteroatoms. The van der Waals surface area contributed by atoms with Gasteiger partial charge in [-0.25, -0.2) is 4.98 Å². The van der Waals surface area contributed by atoms with Crippen LogP contribution in [-0.2, 0) is 17.9 Å². The number of hydrogen-bond donors (Lipinski definition) is 0. The van der Waals surface area contributed by atoms with Crippen LogP contribution in [0.15, 0.2) is 54.6 Å². The molecule has 0 saturated carbocycles. The van der Waals surface area contributed by atoms with Gasteiger partial charge in [-0.1, -0.05) is 30.3 Å². The maximum absolute atomic E-state index is 13.3. The van der Waals surface area contributed by atoms with Crippen molar-refractivity contribution in [2.75, 3.05) is 39.3 Å². The number of hydrogen-bond acceptors (Lipinski definition) is 5. The zero-order valence-corrected chi connectivity index (χ0v) is 18.9. The first-order chi connectivity index (χ1) is 16.1. The van der Waals surface area contributed by atoms with Gasteiger partial charge in [-0.05, 0) is 29.8 Å². The van der Waals surface area contributed by atoms with E-state index in [9.17, 15) is 9.59 Å². The number of rotatable bonds is 3. The molecule has 2 aliphatic rings. The van der Waals surface area contributed by atoms with Crippen LogP contribution in [0.25, 0.3) is 10.9 Å². The van der Waals surface area contributed by atoms with Crippen LogP contribution < -0.4 is 4.74 Å². The van der Waals surface area contributed by atoms with Gasteiger partial charge in [-0.15, -0.1) is 0 Å². The van der Waals surface area contributed by atoms with Crippen LogP contribution in [-0.4, -0.2) is 70.8 Å². The van der Waals surface area contributed by atoms with E-state index in [0.29, 0.717) is 25.4 Å². The zero-order chi connectivity index (χ0) is 22.8. The molecule has 170 valence electrons. The van der Waals surface area contributed by atoms with Crippen molar-refractivity contribution in [1.29, 1.82) is 0 Å². The van der Waals surface area contributed by atoms with Gasteiger partial charge in [0.1, 0.15) is 18.1 Å². The molecule has 2 amide bonds. The van der Waals surface area contributed by atoms with E-state index < -0.39 is 0 Å². The van der Waals surface area contributed by atoms with Crippen LogP contribution in [0.2, 0.25) is 0 Å². The number of fused-ring (bicyclic) bond motifs is 2. The molecule has 7 nitrogen and oxygen atoms in total. The maximum atomic E-state index is 13.3. The lowest BCUT2D eigenvalue weighted by Gasteiger charge is -2.34. The van der Waals surface area contributed by atoms with Crippen molar-refractivity contribution < 1.29 is 14.3 Å². The number of ether oxygens (including phenoxy) is 1. The summed E-state index contributed by atoms with van der Waals surface area (Å²) in [6.07, 6.45) is 0. The average Bonchev–Trinajstić information content (AvgIpc) is 3.06. The summed E-state index contributed by atoms with van der Waals surface area (Å²) in [5.74, 6) is 0.896. The molecule has 5 rings (SSSR count). The Kier molecular flexibility index (Phi) is 5.96. The van der Waals surface area contributed by atoms with Crippen LogP contribution in [0.4, 0.5) is 0 Å². The highest BCUT2D eigenvalue weighted by Crippen LogP contribution is 2.26. The summed E-state index contributed by atoms with van der Waals surface area (Å²) < 4.78 is 5.95. The van der Waals surface area contributed by atoms with Crippen molar-refractivity contribution in [3.63, 3.8) is 0 Å². The zero-order valence-electron chi connectivity index (χ0n) is 18.9.